The smallest absolute Gasteiger partial charge is 0.264 e. The van der Waals surface area contributed by atoms with Crippen molar-refractivity contribution in [3.8, 4) is 5.75 Å². The van der Waals surface area contributed by atoms with E-state index in [-0.39, 0.29) is 17.3 Å². The highest BCUT2D eigenvalue weighted by Crippen LogP contribution is 2.27. The summed E-state index contributed by atoms with van der Waals surface area (Å²) in [6.07, 6.45) is 0.366. The molecule has 3 aromatic carbocycles. The van der Waals surface area contributed by atoms with Crippen LogP contribution in [0.5, 0.6) is 5.75 Å². The SMILES string of the molecule is CCC(C(=O)NC)N(Cc1ccccc1C)C(=O)CN(c1ccc(OC)cc1)S(=O)(=O)c1ccccc1. The molecule has 0 radical (unpaired) electrons. The van der Waals surface area contributed by atoms with E-state index in [2.05, 4.69) is 5.32 Å². The molecule has 2 amide bonds. The number of aryl methyl sites for hydroxylation is 1. The van der Waals surface area contributed by atoms with Crippen molar-refractivity contribution >= 4 is 27.5 Å². The van der Waals surface area contributed by atoms with Crippen LogP contribution in [0, 0.1) is 6.92 Å². The summed E-state index contributed by atoms with van der Waals surface area (Å²) in [6, 6.07) is 21.2. The number of nitrogens with zero attached hydrogens (tertiary/aromatic N) is 2. The molecular weight excluding hydrogens is 490 g/mol. The number of carbonyl (C=O) groups excluding carboxylic acids is 2. The molecule has 0 saturated heterocycles. The molecular formula is C28H33N3O5S. The van der Waals surface area contributed by atoms with Crippen LogP contribution < -0.4 is 14.4 Å². The number of amides is 2. The highest BCUT2D eigenvalue weighted by molar-refractivity contribution is 7.92. The van der Waals surface area contributed by atoms with Gasteiger partial charge >= 0.3 is 0 Å². The maximum absolute atomic E-state index is 13.9. The molecule has 37 heavy (non-hydrogen) atoms. The number of nitrogens with one attached hydrogen (secondary N) is 1. The predicted octanol–water partition coefficient (Wildman–Crippen LogP) is 3.75. The largest absolute Gasteiger partial charge is 0.497 e. The van der Waals surface area contributed by atoms with Gasteiger partial charge in [-0.15, -0.1) is 0 Å². The fourth-order valence-electron chi connectivity index (χ4n) is 4.05. The zero-order chi connectivity index (χ0) is 27.0. The molecule has 1 unspecified atom stereocenters. The van der Waals surface area contributed by atoms with Gasteiger partial charge in [-0.2, -0.15) is 0 Å². The lowest BCUT2D eigenvalue weighted by atomic mass is 10.1. The van der Waals surface area contributed by atoms with Crippen LogP contribution in [0.3, 0.4) is 0 Å². The average molecular weight is 524 g/mol. The first kappa shape index (κ1) is 27.7. The van der Waals surface area contributed by atoms with E-state index >= 15 is 0 Å². The molecule has 0 aliphatic rings. The second-order valence-electron chi connectivity index (χ2n) is 8.51. The Morgan fingerprint density at radius 3 is 2.14 bits per heavy atom. The Morgan fingerprint density at radius 1 is 0.946 bits per heavy atom. The van der Waals surface area contributed by atoms with Gasteiger partial charge in [0.25, 0.3) is 10.0 Å². The molecule has 1 N–H and O–H groups in total. The van der Waals surface area contributed by atoms with Crippen LogP contribution in [0.25, 0.3) is 0 Å². The first-order chi connectivity index (χ1) is 17.7. The molecule has 0 fully saturated rings. The Kier molecular flexibility index (Phi) is 9.30. The fourth-order valence-corrected chi connectivity index (χ4v) is 5.49. The van der Waals surface area contributed by atoms with E-state index in [0.717, 1.165) is 15.4 Å². The van der Waals surface area contributed by atoms with Crippen molar-refractivity contribution < 1.29 is 22.7 Å². The summed E-state index contributed by atoms with van der Waals surface area (Å²) in [4.78, 5) is 28.2. The standard InChI is InChI=1S/C28H33N3O5S/c1-5-26(28(33)29-3)30(19-22-12-10-9-11-21(22)2)27(32)20-31(23-15-17-24(36-4)18-16-23)37(34,35)25-13-7-6-8-14-25/h6-18,26H,5,19-20H2,1-4H3,(H,29,33). The van der Waals surface area contributed by atoms with E-state index < -0.39 is 28.5 Å². The van der Waals surface area contributed by atoms with Gasteiger partial charge in [0.1, 0.15) is 18.3 Å². The van der Waals surface area contributed by atoms with E-state index in [1.807, 2.05) is 38.1 Å². The van der Waals surface area contributed by atoms with Crippen LogP contribution >= 0.6 is 0 Å². The van der Waals surface area contributed by atoms with E-state index in [1.54, 1.807) is 42.5 Å². The number of likely N-dealkylation sites (N-methyl/N-ethyl adjacent to an activating group) is 1. The lowest BCUT2D eigenvalue weighted by Gasteiger charge is -2.33. The third kappa shape index (κ3) is 6.48. The lowest BCUT2D eigenvalue weighted by molar-refractivity contribution is -0.140. The van der Waals surface area contributed by atoms with Crippen molar-refractivity contribution in [1.29, 1.82) is 0 Å². The number of anilines is 1. The monoisotopic (exact) mass is 523 g/mol. The van der Waals surface area contributed by atoms with E-state index in [1.165, 1.54) is 31.2 Å². The quantitative estimate of drug-likeness (QED) is 0.413. The summed E-state index contributed by atoms with van der Waals surface area (Å²) in [6.45, 7) is 3.44. The summed E-state index contributed by atoms with van der Waals surface area (Å²) in [5.41, 5.74) is 2.15. The molecule has 0 aliphatic carbocycles. The number of carbonyl (C=O) groups is 2. The molecule has 0 saturated carbocycles. The van der Waals surface area contributed by atoms with E-state index in [4.69, 9.17) is 4.74 Å². The van der Waals surface area contributed by atoms with Crippen LogP contribution in [0.1, 0.15) is 24.5 Å². The number of methoxy groups -OCH3 is 1. The Labute approximate surface area is 218 Å². The lowest BCUT2D eigenvalue weighted by Crippen LogP contribution is -2.51. The first-order valence-electron chi connectivity index (χ1n) is 12.0. The molecule has 3 rings (SSSR count). The number of benzene rings is 3. The van der Waals surface area contributed by atoms with Gasteiger partial charge in [0, 0.05) is 13.6 Å². The molecule has 9 heteroatoms. The van der Waals surface area contributed by atoms with Crippen molar-refractivity contribution in [3.05, 3.63) is 90.0 Å². The average Bonchev–Trinajstić information content (AvgIpc) is 2.92. The molecule has 0 bridgehead atoms. The maximum atomic E-state index is 13.9. The van der Waals surface area contributed by atoms with Gasteiger partial charge in [-0.3, -0.25) is 13.9 Å². The number of ether oxygens (including phenoxy) is 1. The highest BCUT2D eigenvalue weighted by atomic mass is 32.2. The molecule has 0 aliphatic heterocycles. The Morgan fingerprint density at radius 2 is 1.57 bits per heavy atom. The predicted molar refractivity (Wildman–Crippen MR) is 144 cm³/mol. The number of sulfonamides is 1. The number of rotatable bonds is 11. The van der Waals surface area contributed by atoms with Crippen molar-refractivity contribution in [2.75, 3.05) is 25.0 Å². The Hall–Kier alpha value is -3.85. The van der Waals surface area contributed by atoms with Gasteiger partial charge in [-0.1, -0.05) is 49.4 Å². The maximum Gasteiger partial charge on any atom is 0.264 e. The van der Waals surface area contributed by atoms with Crippen LogP contribution in [-0.4, -0.2) is 51.9 Å². The Balaban J connectivity index is 2.06. The minimum atomic E-state index is -4.10. The fraction of sp³-hybridized carbons (Fsp3) is 0.286. The summed E-state index contributed by atoms with van der Waals surface area (Å²) < 4.78 is 33.8. The summed E-state index contributed by atoms with van der Waals surface area (Å²) in [5.74, 6) is -0.251. The first-order valence-corrected chi connectivity index (χ1v) is 13.4. The van der Waals surface area contributed by atoms with Crippen molar-refractivity contribution in [3.63, 3.8) is 0 Å². The number of hydrogen-bond acceptors (Lipinski definition) is 5. The number of hydrogen-bond donors (Lipinski definition) is 1. The van der Waals surface area contributed by atoms with Crippen LogP contribution in [0.4, 0.5) is 5.69 Å². The molecule has 3 aromatic rings. The van der Waals surface area contributed by atoms with Gasteiger partial charge < -0.3 is 15.0 Å². The summed E-state index contributed by atoms with van der Waals surface area (Å²) in [5, 5.41) is 2.63. The molecule has 196 valence electrons. The third-order valence-electron chi connectivity index (χ3n) is 6.20. The van der Waals surface area contributed by atoms with E-state index in [9.17, 15) is 18.0 Å². The minimum Gasteiger partial charge on any atom is -0.497 e. The van der Waals surface area contributed by atoms with Crippen LogP contribution in [0.15, 0.2) is 83.8 Å². The molecule has 0 aromatic heterocycles. The molecule has 1 atom stereocenters. The zero-order valence-electron chi connectivity index (χ0n) is 21.5. The highest BCUT2D eigenvalue weighted by Gasteiger charge is 2.33. The van der Waals surface area contributed by atoms with Gasteiger partial charge in [0.2, 0.25) is 11.8 Å². The third-order valence-corrected chi connectivity index (χ3v) is 7.99. The van der Waals surface area contributed by atoms with Gasteiger partial charge in [0.05, 0.1) is 17.7 Å². The topological polar surface area (TPSA) is 96.0 Å². The normalized spacial score (nSPS) is 11.9. The summed E-state index contributed by atoms with van der Waals surface area (Å²) >= 11 is 0. The van der Waals surface area contributed by atoms with Crippen molar-refractivity contribution in [1.82, 2.24) is 10.2 Å². The second kappa shape index (κ2) is 12.4. The second-order valence-corrected chi connectivity index (χ2v) is 10.4. The van der Waals surface area contributed by atoms with Crippen LogP contribution in [-0.2, 0) is 26.2 Å². The van der Waals surface area contributed by atoms with Gasteiger partial charge in [-0.25, -0.2) is 8.42 Å². The van der Waals surface area contributed by atoms with Crippen molar-refractivity contribution in [2.45, 2.75) is 37.8 Å². The van der Waals surface area contributed by atoms with Crippen molar-refractivity contribution in [2.24, 2.45) is 0 Å². The van der Waals surface area contributed by atoms with Gasteiger partial charge in [-0.05, 0) is 60.9 Å². The minimum absolute atomic E-state index is 0.0578. The van der Waals surface area contributed by atoms with E-state index in [0.29, 0.717) is 17.9 Å². The molecule has 8 nitrogen and oxygen atoms in total. The Bertz CT molecular complexity index is 1310. The zero-order valence-corrected chi connectivity index (χ0v) is 22.4. The van der Waals surface area contributed by atoms with Crippen LogP contribution in [0.2, 0.25) is 0 Å². The summed E-state index contributed by atoms with van der Waals surface area (Å²) in [7, 11) is -1.06. The molecule has 0 spiro atoms. The molecule has 0 heterocycles. The van der Waals surface area contributed by atoms with Gasteiger partial charge in [0.15, 0.2) is 0 Å².